The monoisotopic (exact) mass is 206 g/mol. The molecule has 0 N–H and O–H groups in total. The van der Waals surface area contributed by atoms with Gasteiger partial charge in [-0.3, -0.25) is 4.79 Å². The van der Waals surface area contributed by atoms with Crippen LogP contribution in [0.4, 0.5) is 0 Å². The molecule has 0 radical (unpaired) electrons. The van der Waals surface area contributed by atoms with Crippen LogP contribution >= 0.6 is 15.9 Å². The number of halogens is 1. The van der Waals surface area contributed by atoms with Crippen LogP contribution in [-0.2, 0) is 9.53 Å². The fourth-order valence-electron chi connectivity index (χ4n) is 1.10. The fourth-order valence-corrected chi connectivity index (χ4v) is 1.95. The quantitative estimate of drug-likeness (QED) is 0.483. The third kappa shape index (κ3) is 1.72. The van der Waals surface area contributed by atoms with Gasteiger partial charge in [0.2, 0.25) is 0 Å². The molecule has 1 fully saturated rings. The number of hydrogen-bond acceptors (Lipinski definition) is 2. The molecule has 1 saturated heterocycles. The summed E-state index contributed by atoms with van der Waals surface area (Å²) in [5.41, 5.74) is 0. The topological polar surface area (TPSA) is 26.3 Å². The van der Waals surface area contributed by atoms with E-state index in [0.29, 0.717) is 12.3 Å². The molecular formula is C7H11BrO2. The van der Waals surface area contributed by atoms with Gasteiger partial charge in [0.1, 0.15) is 6.10 Å². The summed E-state index contributed by atoms with van der Waals surface area (Å²) in [6.07, 6.45) is 1.65. The van der Waals surface area contributed by atoms with Crippen LogP contribution in [-0.4, -0.2) is 17.4 Å². The molecule has 0 amide bonds. The van der Waals surface area contributed by atoms with Crippen LogP contribution < -0.4 is 0 Å². The zero-order chi connectivity index (χ0) is 7.56. The highest BCUT2D eigenvalue weighted by Crippen LogP contribution is 2.22. The van der Waals surface area contributed by atoms with E-state index in [1.807, 2.05) is 6.92 Å². The molecule has 1 rings (SSSR count). The van der Waals surface area contributed by atoms with Crippen molar-refractivity contribution in [1.29, 1.82) is 0 Å². The Hall–Kier alpha value is -0.0500. The Morgan fingerprint density at radius 1 is 1.80 bits per heavy atom. The summed E-state index contributed by atoms with van der Waals surface area (Å²) in [5.74, 6) is 0.461. The Morgan fingerprint density at radius 2 is 2.50 bits per heavy atom. The minimum absolute atomic E-state index is 0.0512. The van der Waals surface area contributed by atoms with Gasteiger partial charge in [-0.25, -0.2) is 0 Å². The van der Waals surface area contributed by atoms with E-state index < -0.39 is 0 Å². The van der Waals surface area contributed by atoms with Gasteiger partial charge in [0.05, 0.1) is 0 Å². The van der Waals surface area contributed by atoms with Crippen molar-refractivity contribution in [3.63, 3.8) is 0 Å². The minimum atomic E-state index is -0.0512. The second kappa shape index (κ2) is 3.37. The van der Waals surface area contributed by atoms with Crippen molar-refractivity contribution in [3.05, 3.63) is 0 Å². The second-order valence-electron chi connectivity index (χ2n) is 2.65. The smallest absolute Gasteiger partial charge is 0.306 e. The van der Waals surface area contributed by atoms with Crippen LogP contribution in [0.5, 0.6) is 0 Å². The van der Waals surface area contributed by atoms with E-state index in [2.05, 4.69) is 15.9 Å². The highest BCUT2D eigenvalue weighted by atomic mass is 79.9. The zero-order valence-corrected chi connectivity index (χ0v) is 7.56. The number of esters is 1. The zero-order valence-electron chi connectivity index (χ0n) is 5.97. The number of alkyl halides is 1. The van der Waals surface area contributed by atoms with E-state index in [-0.39, 0.29) is 12.1 Å². The summed E-state index contributed by atoms with van der Waals surface area (Å²) in [6.45, 7) is 1.95. The van der Waals surface area contributed by atoms with E-state index in [4.69, 9.17) is 4.74 Å². The predicted octanol–water partition coefficient (Wildman–Crippen LogP) is 1.72. The van der Waals surface area contributed by atoms with E-state index in [1.54, 1.807) is 0 Å². The second-order valence-corrected chi connectivity index (χ2v) is 3.30. The first-order valence-electron chi connectivity index (χ1n) is 3.49. The first-order chi connectivity index (χ1) is 4.74. The van der Waals surface area contributed by atoms with Crippen LogP contribution in [0.2, 0.25) is 0 Å². The SMILES string of the molecule is CC1OC(=O)CCC1CBr. The molecule has 2 nitrogen and oxygen atoms in total. The largest absolute Gasteiger partial charge is 0.462 e. The third-order valence-corrected chi connectivity index (χ3v) is 2.73. The maximum absolute atomic E-state index is 10.7. The van der Waals surface area contributed by atoms with E-state index in [9.17, 15) is 4.79 Å². The predicted molar refractivity (Wildman–Crippen MR) is 42.1 cm³/mol. The van der Waals surface area contributed by atoms with E-state index in [0.717, 1.165) is 11.8 Å². The van der Waals surface area contributed by atoms with Crippen molar-refractivity contribution >= 4 is 21.9 Å². The molecule has 1 aliphatic heterocycles. The van der Waals surface area contributed by atoms with Crippen LogP contribution in [0, 0.1) is 5.92 Å². The molecule has 1 aliphatic rings. The van der Waals surface area contributed by atoms with E-state index >= 15 is 0 Å². The lowest BCUT2D eigenvalue weighted by atomic mass is 9.98. The molecular weight excluding hydrogens is 196 g/mol. The molecule has 0 aromatic rings. The number of rotatable bonds is 1. The summed E-state index contributed by atoms with van der Waals surface area (Å²) in [4.78, 5) is 10.7. The van der Waals surface area contributed by atoms with Crippen molar-refractivity contribution in [1.82, 2.24) is 0 Å². The molecule has 10 heavy (non-hydrogen) atoms. The summed E-state index contributed by atoms with van der Waals surface area (Å²) in [5, 5.41) is 0.932. The molecule has 0 aliphatic carbocycles. The summed E-state index contributed by atoms with van der Waals surface area (Å²) in [6, 6.07) is 0. The molecule has 0 aromatic heterocycles. The van der Waals surface area contributed by atoms with Crippen molar-refractivity contribution < 1.29 is 9.53 Å². The fraction of sp³-hybridized carbons (Fsp3) is 0.857. The number of carbonyl (C=O) groups excluding carboxylic acids is 1. The molecule has 0 aromatic carbocycles. The highest BCUT2D eigenvalue weighted by Gasteiger charge is 2.25. The Labute approximate surface area is 69.1 Å². The molecule has 2 atom stereocenters. The molecule has 0 spiro atoms. The first-order valence-corrected chi connectivity index (χ1v) is 4.61. The van der Waals surface area contributed by atoms with Gasteiger partial charge in [-0.05, 0) is 13.3 Å². The molecule has 1 heterocycles. The maximum atomic E-state index is 10.7. The molecule has 3 heteroatoms. The van der Waals surface area contributed by atoms with Crippen LogP contribution in [0.15, 0.2) is 0 Å². The third-order valence-electron chi connectivity index (χ3n) is 1.90. The van der Waals surface area contributed by atoms with Crippen molar-refractivity contribution in [2.75, 3.05) is 5.33 Å². The van der Waals surface area contributed by atoms with Crippen molar-refractivity contribution in [2.24, 2.45) is 5.92 Å². The summed E-state index contributed by atoms with van der Waals surface area (Å²) in [7, 11) is 0. The van der Waals surface area contributed by atoms with Gasteiger partial charge in [-0.2, -0.15) is 0 Å². The van der Waals surface area contributed by atoms with Gasteiger partial charge in [0.15, 0.2) is 0 Å². The van der Waals surface area contributed by atoms with Crippen LogP contribution in [0.3, 0.4) is 0 Å². The Bertz CT molecular complexity index is 136. The summed E-state index contributed by atoms with van der Waals surface area (Å²) >= 11 is 3.38. The lowest BCUT2D eigenvalue weighted by Gasteiger charge is -2.26. The van der Waals surface area contributed by atoms with Crippen LogP contribution in [0.1, 0.15) is 19.8 Å². The average Bonchev–Trinajstić information content (AvgIpc) is 1.88. The Balaban J connectivity index is 2.43. The minimum Gasteiger partial charge on any atom is -0.462 e. The summed E-state index contributed by atoms with van der Waals surface area (Å²) < 4.78 is 5.02. The van der Waals surface area contributed by atoms with Crippen LogP contribution in [0.25, 0.3) is 0 Å². The number of ether oxygens (including phenoxy) is 1. The molecule has 0 bridgehead atoms. The number of cyclic esters (lactones) is 1. The molecule has 58 valence electrons. The Kier molecular flexibility index (Phi) is 2.72. The van der Waals surface area contributed by atoms with Crippen molar-refractivity contribution in [2.45, 2.75) is 25.9 Å². The normalized spacial score (nSPS) is 33.6. The standard InChI is InChI=1S/C7H11BrO2/c1-5-6(4-8)2-3-7(9)10-5/h5-6H,2-4H2,1H3. The first kappa shape index (κ1) is 8.05. The van der Waals surface area contributed by atoms with Crippen molar-refractivity contribution in [3.8, 4) is 0 Å². The van der Waals surface area contributed by atoms with E-state index in [1.165, 1.54) is 0 Å². The number of hydrogen-bond donors (Lipinski definition) is 0. The Morgan fingerprint density at radius 3 is 3.00 bits per heavy atom. The lowest BCUT2D eigenvalue weighted by molar-refractivity contribution is -0.155. The maximum Gasteiger partial charge on any atom is 0.306 e. The number of carbonyl (C=O) groups is 1. The highest BCUT2D eigenvalue weighted by molar-refractivity contribution is 9.09. The van der Waals surface area contributed by atoms with Gasteiger partial charge in [0, 0.05) is 17.7 Å². The lowest BCUT2D eigenvalue weighted by Crippen LogP contribution is -2.30. The van der Waals surface area contributed by atoms with Gasteiger partial charge in [0.25, 0.3) is 0 Å². The average molecular weight is 207 g/mol. The van der Waals surface area contributed by atoms with Gasteiger partial charge in [-0.15, -0.1) is 0 Å². The molecule has 2 unspecified atom stereocenters. The van der Waals surface area contributed by atoms with Gasteiger partial charge in [-0.1, -0.05) is 15.9 Å². The van der Waals surface area contributed by atoms with Gasteiger partial charge < -0.3 is 4.74 Å². The molecule has 0 saturated carbocycles. The van der Waals surface area contributed by atoms with Gasteiger partial charge >= 0.3 is 5.97 Å².